The number of fused-ring (bicyclic) bond motifs is 1. The Morgan fingerprint density at radius 2 is 1.34 bits per heavy atom. The summed E-state index contributed by atoms with van der Waals surface area (Å²) in [6.45, 7) is 9.45. The minimum atomic E-state index is -0.236. The highest BCUT2D eigenvalue weighted by Gasteiger charge is 2.32. The predicted molar refractivity (Wildman–Crippen MR) is 154 cm³/mol. The number of nitrogens with zero attached hydrogens (tertiary/aromatic N) is 3. The lowest BCUT2D eigenvalue weighted by atomic mass is 9.88. The molecule has 0 amide bonds. The normalized spacial score (nSPS) is 13.0. The Balaban J connectivity index is 1.81. The number of hydrogen-bond acceptors (Lipinski definition) is 3. The van der Waals surface area contributed by atoms with Gasteiger partial charge in [-0.15, -0.1) is 0 Å². The third-order valence-corrected chi connectivity index (χ3v) is 7.50. The van der Waals surface area contributed by atoms with Gasteiger partial charge in [0.05, 0.1) is 17.9 Å². The number of nitrogens with one attached hydrogen (secondary N) is 1. The van der Waals surface area contributed by atoms with E-state index in [0.29, 0.717) is 12.5 Å². The van der Waals surface area contributed by atoms with Gasteiger partial charge < -0.3 is 5.43 Å². The molecule has 2 heterocycles. The Morgan fingerprint density at radius 1 is 0.737 bits per heavy atom. The smallest absolute Gasteiger partial charge is 0.123 e. The van der Waals surface area contributed by atoms with Gasteiger partial charge in [-0.2, -0.15) is 9.89 Å². The molecule has 5 rings (SSSR count). The van der Waals surface area contributed by atoms with Crippen LogP contribution in [0.2, 0.25) is 0 Å². The number of rotatable bonds is 9. The molecule has 3 aromatic carbocycles. The molecule has 2 aliphatic rings. The van der Waals surface area contributed by atoms with E-state index in [4.69, 9.17) is 10.1 Å². The minimum absolute atomic E-state index is 0.229. The number of hydrogen-bond donors (Lipinski definition) is 1. The minimum Gasteiger partial charge on any atom is -0.305 e. The molecule has 0 saturated heterocycles. The van der Waals surface area contributed by atoms with Crippen LogP contribution in [0.1, 0.15) is 69.3 Å². The Morgan fingerprint density at radius 3 is 1.95 bits per heavy atom. The Hall–Kier alpha value is -3.99. The van der Waals surface area contributed by atoms with Gasteiger partial charge in [-0.3, -0.25) is 0 Å². The Kier molecular flexibility index (Phi) is 7.54. The zero-order chi connectivity index (χ0) is 26.6. The third kappa shape index (κ3) is 4.93. The topological polar surface area (TPSA) is 42.7 Å². The molecule has 0 spiro atoms. The standard InChI is InChI=1S/C33H35FN4/c1-5-22(3)30-28(25-13-9-7-10-14-25)29-32(36-30)31(26-15-11-8-12-16-26)37-38(33(29)23(4)6-2)35-21-24-17-19-27(34)20-18-24/h7-20,22-23,35H,5-6,21H2,1-4H3. The highest BCUT2D eigenvalue weighted by molar-refractivity contribution is 5.93. The monoisotopic (exact) mass is 506 g/mol. The van der Waals surface area contributed by atoms with Crippen LogP contribution >= 0.6 is 0 Å². The molecule has 5 heteroatoms. The van der Waals surface area contributed by atoms with Crippen LogP contribution in [0.3, 0.4) is 0 Å². The molecule has 2 aliphatic heterocycles. The highest BCUT2D eigenvalue weighted by Crippen LogP contribution is 2.47. The van der Waals surface area contributed by atoms with Crippen molar-refractivity contribution in [2.24, 2.45) is 0 Å². The van der Waals surface area contributed by atoms with Crippen molar-refractivity contribution < 1.29 is 4.39 Å². The first-order chi connectivity index (χ1) is 18.5. The zero-order valence-corrected chi connectivity index (χ0v) is 22.6. The molecule has 0 fully saturated rings. The van der Waals surface area contributed by atoms with Gasteiger partial charge in [0.1, 0.15) is 17.2 Å². The summed E-state index contributed by atoms with van der Waals surface area (Å²) in [6, 6.07) is 27.5. The van der Waals surface area contributed by atoms with E-state index in [2.05, 4.69) is 75.6 Å². The van der Waals surface area contributed by atoms with E-state index < -0.39 is 0 Å². The summed E-state index contributed by atoms with van der Waals surface area (Å²) in [7, 11) is 0. The molecular weight excluding hydrogens is 471 g/mol. The van der Waals surface area contributed by atoms with Crippen molar-refractivity contribution in [1.82, 2.24) is 14.9 Å². The lowest BCUT2D eigenvalue weighted by Crippen LogP contribution is -2.25. The molecule has 3 aromatic rings. The largest absolute Gasteiger partial charge is 0.305 e. The van der Waals surface area contributed by atoms with E-state index in [9.17, 15) is 4.39 Å². The first kappa shape index (κ1) is 25.7. The van der Waals surface area contributed by atoms with Gasteiger partial charge in [0.15, 0.2) is 0 Å². The molecule has 194 valence electrons. The van der Waals surface area contributed by atoms with Crippen LogP contribution in [0.25, 0.3) is 33.6 Å². The fraction of sp³-hybridized carbons (Fsp3) is 0.273. The van der Waals surface area contributed by atoms with Crippen LogP contribution < -0.4 is 5.43 Å². The van der Waals surface area contributed by atoms with Crippen molar-refractivity contribution in [1.29, 1.82) is 0 Å². The summed E-state index contributed by atoms with van der Waals surface area (Å²) in [5.41, 5.74) is 13.1. The molecule has 0 aromatic heterocycles. The first-order valence-electron chi connectivity index (χ1n) is 13.6. The summed E-state index contributed by atoms with van der Waals surface area (Å²) in [5.74, 6) is 0.291. The van der Waals surface area contributed by atoms with Gasteiger partial charge in [-0.05, 0) is 42.0 Å². The van der Waals surface area contributed by atoms with Crippen LogP contribution in [-0.4, -0.2) is 14.9 Å². The van der Waals surface area contributed by atoms with Crippen LogP contribution in [0.4, 0.5) is 4.39 Å². The van der Waals surface area contributed by atoms with E-state index in [1.165, 1.54) is 23.3 Å². The molecule has 2 unspecified atom stereocenters. The fourth-order valence-corrected chi connectivity index (χ4v) is 4.98. The second-order valence-electron chi connectivity index (χ2n) is 10.1. The van der Waals surface area contributed by atoms with E-state index >= 15 is 0 Å². The molecular formula is C33H35FN4. The Labute approximate surface area is 224 Å². The number of benzene rings is 3. The molecule has 0 bridgehead atoms. The average Bonchev–Trinajstić information content (AvgIpc) is 3.36. The van der Waals surface area contributed by atoms with Crippen molar-refractivity contribution in [2.75, 3.05) is 5.43 Å². The van der Waals surface area contributed by atoms with Crippen LogP contribution in [0.15, 0.2) is 84.9 Å². The molecule has 38 heavy (non-hydrogen) atoms. The quantitative estimate of drug-likeness (QED) is 0.218. The molecule has 2 atom stereocenters. The maximum absolute atomic E-state index is 13.5. The summed E-state index contributed by atoms with van der Waals surface area (Å²) in [5, 5.41) is 5.18. The van der Waals surface area contributed by atoms with Gasteiger partial charge >= 0.3 is 0 Å². The Bertz CT molecular complexity index is 1460. The molecule has 1 N–H and O–H groups in total. The summed E-state index contributed by atoms with van der Waals surface area (Å²) in [4.78, 5) is 7.29. The molecule has 4 nitrogen and oxygen atoms in total. The van der Waals surface area contributed by atoms with Crippen LogP contribution in [0, 0.1) is 5.82 Å². The summed E-state index contributed by atoms with van der Waals surface area (Å²) < 4.78 is 13.5. The average molecular weight is 507 g/mol. The van der Waals surface area contributed by atoms with Gasteiger partial charge in [0, 0.05) is 22.6 Å². The van der Waals surface area contributed by atoms with E-state index in [1.807, 2.05) is 35.1 Å². The second kappa shape index (κ2) is 11.2. The predicted octanol–water partition coefficient (Wildman–Crippen LogP) is 8.63. The number of halogens is 1. The van der Waals surface area contributed by atoms with Crippen molar-refractivity contribution >= 4 is 0 Å². The van der Waals surface area contributed by atoms with Gasteiger partial charge in [0.25, 0.3) is 0 Å². The van der Waals surface area contributed by atoms with E-state index in [0.717, 1.165) is 52.3 Å². The van der Waals surface area contributed by atoms with Gasteiger partial charge in [-0.1, -0.05) is 100 Å². The second-order valence-corrected chi connectivity index (χ2v) is 10.1. The van der Waals surface area contributed by atoms with E-state index in [1.54, 1.807) is 0 Å². The van der Waals surface area contributed by atoms with E-state index in [-0.39, 0.29) is 11.7 Å². The van der Waals surface area contributed by atoms with Gasteiger partial charge in [0.2, 0.25) is 0 Å². The summed E-state index contributed by atoms with van der Waals surface area (Å²) in [6.07, 6.45) is 1.95. The maximum Gasteiger partial charge on any atom is 0.123 e. The summed E-state index contributed by atoms with van der Waals surface area (Å²) >= 11 is 0. The SMILES string of the molecule is CCC(C)c1nc2c(-c3ccccc3)nn(NCc3ccc(F)cc3)c(C(C)CC)c-2c1-c1ccccc1. The maximum atomic E-state index is 13.5. The molecule has 0 radical (unpaired) electrons. The lowest BCUT2D eigenvalue weighted by Gasteiger charge is -2.24. The van der Waals surface area contributed by atoms with Crippen LogP contribution in [0.5, 0.6) is 0 Å². The van der Waals surface area contributed by atoms with Gasteiger partial charge in [-0.25, -0.2) is 9.37 Å². The van der Waals surface area contributed by atoms with Crippen molar-refractivity contribution in [3.05, 3.63) is 108 Å². The van der Waals surface area contributed by atoms with Crippen molar-refractivity contribution in [3.8, 4) is 33.6 Å². The zero-order valence-electron chi connectivity index (χ0n) is 22.6. The first-order valence-corrected chi connectivity index (χ1v) is 13.6. The molecule has 0 saturated carbocycles. The van der Waals surface area contributed by atoms with Crippen molar-refractivity contribution in [2.45, 2.75) is 58.9 Å². The third-order valence-electron chi connectivity index (χ3n) is 7.50. The molecule has 0 aliphatic carbocycles. The fourth-order valence-electron chi connectivity index (χ4n) is 4.98. The number of aromatic nitrogens is 3. The van der Waals surface area contributed by atoms with Crippen molar-refractivity contribution in [3.63, 3.8) is 0 Å². The van der Waals surface area contributed by atoms with Crippen LogP contribution in [-0.2, 0) is 6.54 Å². The lowest BCUT2D eigenvalue weighted by molar-refractivity contribution is 0.598. The highest BCUT2D eigenvalue weighted by atomic mass is 19.1.